The highest BCUT2D eigenvalue weighted by molar-refractivity contribution is 5.22. The van der Waals surface area contributed by atoms with Crippen LogP contribution in [0.2, 0.25) is 0 Å². The fourth-order valence-electron chi connectivity index (χ4n) is 1.35. The van der Waals surface area contributed by atoms with E-state index in [1.807, 2.05) is 6.92 Å². The lowest BCUT2D eigenvalue weighted by Gasteiger charge is -2.19. The van der Waals surface area contributed by atoms with Crippen LogP contribution in [0.4, 0.5) is 8.78 Å². The Kier molecular flexibility index (Phi) is 3.41. The van der Waals surface area contributed by atoms with Crippen LogP contribution in [0, 0.1) is 28.4 Å². The lowest BCUT2D eigenvalue weighted by Crippen LogP contribution is -2.17. The van der Waals surface area contributed by atoms with Crippen LogP contribution in [0.5, 0.6) is 0 Å². The molecule has 0 N–H and O–H groups in total. The van der Waals surface area contributed by atoms with E-state index in [-0.39, 0.29) is 12.0 Å². The maximum Gasteiger partial charge on any atom is 0.162 e. The van der Waals surface area contributed by atoms with Gasteiger partial charge in [0.1, 0.15) is 0 Å². The van der Waals surface area contributed by atoms with E-state index in [9.17, 15) is 8.78 Å². The molecule has 0 amide bonds. The van der Waals surface area contributed by atoms with Crippen molar-refractivity contribution in [3.05, 3.63) is 35.4 Å². The molecule has 0 aliphatic heterocycles. The van der Waals surface area contributed by atoms with Gasteiger partial charge in [-0.3, -0.25) is 0 Å². The lowest BCUT2D eigenvalue weighted by atomic mass is 9.82. The minimum atomic E-state index is -0.858. The Hall–Kier alpha value is -1.43. The molecular weight excluding hydrogens is 196 g/mol. The number of hydrogen-bond donors (Lipinski definition) is 0. The minimum Gasteiger partial charge on any atom is -0.204 e. The van der Waals surface area contributed by atoms with Gasteiger partial charge in [0.05, 0.1) is 11.5 Å². The van der Waals surface area contributed by atoms with Gasteiger partial charge in [0, 0.05) is 0 Å². The van der Waals surface area contributed by atoms with Gasteiger partial charge in [-0.15, -0.1) is 0 Å². The van der Waals surface area contributed by atoms with Crippen LogP contribution in [-0.2, 0) is 6.42 Å². The molecule has 1 rings (SSSR count). The summed E-state index contributed by atoms with van der Waals surface area (Å²) in [5, 5.41) is 8.94. The highest BCUT2D eigenvalue weighted by atomic mass is 19.2. The smallest absolute Gasteiger partial charge is 0.162 e. The summed E-state index contributed by atoms with van der Waals surface area (Å²) in [5.41, 5.74) is -0.366. The molecule has 1 aromatic carbocycles. The van der Waals surface area contributed by atoms with Crippen molar-refractivity contribution < 1.29 is 8.78 Å². The number of halogens is 2. The molecule has 0 fully saturated rings. The van der Waals surface area contributed by atoms with Gasteiger partial charge in [0.15, 0.2) is 11.6 Å². The van der Waals surface area contributed by atoms with E-state index in [1.54, 1.807) is 6.92 Å². The zero-order valence-corrected chi connectivity index (χ0v) is 8.85. The fraction of sp³-hybridized carbons (Fsp3) is 0.417. The molecule has 3 heteroatoms. The van der Waals surface area contributed by atoms with Crippen LogP contribution in [0.25, 0.3) is 0 Å². The summed E-state index contributed by atoms with van der Waals surface area (Å²) in [5.74, 6) is -1.70. The van der Waals surface area contributed by atoms with Crippen molar-refractivity contribution >= 4 is 0 Å². The molecule has 0 saturated carbocycles. The second kappa shape index (κ2) is 4.39. The predicted octanol–water partition coefficient (Wildman–Crippen LogP) is 3.45. The van der Waals surface area contributed by atoms with Crippen molar-refractivity contribution in [3.8, 4) is 6.07 Å². The van der Waals surface area contributed by atoms with Crippen molar-refractivity contribution in [2.75, 3.05) is 0 Å². The minimum absolute atomic E-state index is 0.240. The maximum absolute atomic E-state index is 13.3. The first-order valence-electron chi connectivity index (χ1n) is 4.86. The molecule has 0 aromatic heterocycles. The van der Waals surface area contributed by atoms with E-state index in [1.165, 1.54) is 12.1 Å². The molecule has 1 unspecified atom stereocenters. The van der Waals surface area contributed by atoms with Gasteiger partial charge in [-0.2, -0.15) is 5.26 Å². The second-order valence-corrected chi connectivity index (χ2v) is 3.92. The fourth-order valence-corrected chi connectivity index (χ4v) is 1.35. The van der Waals surface area contributed by atoms with Crippen molar-refractivity contribution in [1.82, 2.24) is 0 Å². The Morgan fingerprint density at radius 2 is 2.07 bits per heavy atom. The number of nitrogens with zero attached hydrogens (tertiary/aromatic N) is 1. The summed E-state index contributed by atoms with van der Waals surface area (Å²) in [6.45, 7) is 3.61. The maximum atomic E-state index is 13.3. The average Bonchev–Trinajstić information content (AvgIpc) is 2.25. The Labute approximate surface area is 88.3 Å². The monoisotopic (exact) mass is 209 g/mol. The molecule has 0 radical (unpaired) electrons. The van der Waals surface area contributed by atoms with Gasteiger partial charge in [0.25, 0.3) is 0 Å². The van der Waals surface area contributed by atoms with Crippen LogP contribution >= 0.6 is 0 Å². The van der Waals surface area contributed by atoms with E-state index in [4.69, 9.17) is 5.26 Å². The summed E-state index contributed by atoms with van der Waals surface area (Å²) >= 11 is 0. The third-order valence-electron chi connectivity index (χ3n) is 2.66. The average molecular weight is 209 g/mol. The second-order valence-electron chi connectivity index (χ2n) is 3.92. The molecule has 80 valence electrons. The van der Waals surface area contributed by atoms with Crippen LogP contribution in [0.1, 0.15) is 25.8 Å². The first kappa shape index (κ1) is 11.6. The highest BCUT2D eigenvalue weighted by Gasteiger charge is 2.24. The van der Waals surface area contributed by atoms with Gasteiger partial charge in [-0.1, -0.05) is 19.1 Å². The Morgan fingerprint density at radius 3 is 2.60 bits per heavy atom. The zero-order chi connectivity index (χ0) is 11.5. The summed E-state index contributed by atoms with van der Waals surface area (Å²) in [6, 6.07) is 6.19. The Morgan fingerprint density at radius 1 is 1.40 bits per heavy atom. The van der Waals surface area contributed by atoms with Crippen molar-refractivity contribution in [2.24, 2.45) is 5.41 Å². The zero-order valence-electron chi connectivity index (χ0n) is 8.85. The molecule has 0 heterocycles. The van der Waals surface area contributed by atoms with Crippen LogP contribution in [0.3, 0.4) is 0 Å². The summed E-state index contributed by atoms with van der Waals surface area (Å²) in [7, 11) is 0. The number of hydrogen-bond acceptors (Lipinski definition) is 1. The Bertz CT molecular complexity index is 395. The van der Waals surface area contributed by atoms with Gasteiger partial charge < -0.3 is 0 Å². The van der Waals surface area contributed by atoms with Crippen molar-refractivity contribution in [1.29, 1.82) is 5.26 Å². The Balaban J connectivity index is 3.00. The summed E-state index contributed by atoms with van der Waals surface area (Å²) < 4.78 is 26.2. The van der Waals surface area contributed by atoms with Gasteiger partial charge in [-0.05, 0) is 31.4 Å². The molecule has 1 atom stereocenters. The topological polar surface area (TPSA) is 23.8 Å². The van der Waals surface area contributed by atoms with Gasteiger partial charge >= 0.3 is 0 Å². The molecule has 1 aromatic rings. The van der Waals surface area contributed by atoms with Crippen LogP contribution in [-0.4, -0.2) is 0 Å². The molecule has 0 saturated heterocycles. The number of benzene rings is 1. The molecule has 0 aliphatic carbocycles. The van der Waals surface area contributed by atoms with Gasteiger partial charge in [-0.25, -0.2) is 8.78 Å². The third kappa shape index (κ3) is 2.53. The van der Waals surface area contributed by atoms with E-state index >= 15 is 0 Å². The van der Waals surface area contributed by atoms with E-state index < -0.39 is 17.0 Å². The molecule has 1 nitrogen and oxygen atoms in total. The summed E-state index contributed by atoms with van der Waals surface area (Å²) in [6.07, 6.45) is 0.850. The number of rotatable bonds is 3. The first-order valence-corrected chi connectivity index (χ1v) is 4.86. The predicted molar refractivity (Wildman–Crippen MR) is 54.1 cm³/mol. The first-order chi connectivity index (χ1) is 7.02. The third-order valence-corrected chi connectivity index (χ3v) is 2.66. The van der Waals surface area contributed by atoms with Gasteiger partial charge in [0.2, 0.25) is 0 Å². The largest absolute Gasteiger partial charge is 0.204 e. The lowest BCUT2D eigenvalue weighted by molar-refractivity contribution is 0.406. The summed E-state index contributed by atoms with van der Waals surface area (Å²) in [4.78, 5) is 0. The van der Waals surface area contributed by atoms with Crippen molar-refractivity contribution in [3.63, 3.8) is 0 Å². The molecule has 0 spiro atoms. The van der Waals surface area contributed by atoms with Crippen molar-refractivity contribution in [2.45, 2.75) is 26.7 Å². The quantitative estimate of drug-likeness (QED) is 0.748. The normalized spacial score (nSPS) is 14.3. The molecule has 0 bridgehead atoms. The van der Waals surface area contributed by atoms with E-state index in [0.717, 1.165) is 6.07 Å². The molecule has 0 aliphatic rings. The van der Waals surface area contributed by atoms with E-state index in [2.05, 4.69) is 6.07 Å². The number of nitriles is 1. The van der Waals surface area contributed by atoms with Crippen LogP contribution < -0.4 is 0 Å². The SMILES string of the molecule is CCC(C)(C#N)Cc1cccc(F)c1F. The standard InChI is InChI=1S/C12H13F2N/c1-3-12(2,8-15)7-9-5-4-6-10(13)11(9)14/h4-6H,3,7H2,1-2H3. The molecular formula is C12H13F2N. The van der Waals surface area contributed by atoms with E-state index in [0.29, 0.717) is 6.42 Å². The molecule has 15 heavy (non-hydrogen) atoms. The highest BCUT2D eigenvalue weighted by Crippen LogP contribution is 2.27. The van der Waals surface area contributed by atoms with Crippen LogP contribution in [0.15, 0.2) is 18.2 Å².